The lowest BCUT2D eigenvalue weighted by Gasteiger charge is -2.27. The van der Waals surface area contributed by atoms with Gasteiger partial charge in [-0.2, -0.15) is 0 Å². The van der Waals surface area contributed by atoms with Gasteiger partial charge in [0.05, 0.1) is 24.0 Å². The van der Waals surface area contributed by atoms with Gasteiger partial charge < -0.3 is 14.7 Å². The molecule has 5 nitrogen and oxygen atoms in total. The minimum atomic E-state index is -0.546. The Kier molecular flexibility index (Phi) is 7.17. The van der Waals surface area contributed by atoms with Gasteiger partial charge in [0.2, 0.25) is 0 Å². The summed E-state index contributed by atoms with van der Waals surface area (Å²) in [6, 6.07) is 10.1. The van der Waals surface area contributed by atoms with Gasteiger partial charge >= 0.3 is 0 Å². The molecule has 0 aliphatic carbocycles. The van der Waals surface area contributed by atoms with E-state index < -0.39 is 6.10 Å². The van der Waals surface area contributed by atoms with Crippen molar-refractivity contribution in [1.82, 2.24) is 4.90 Å². The van der Waals surface area contributed by atoms with Crippen molar-refractivity contribution in [3.8, 4) is 0 Å². The number of hydrogen-bond acceptors (Lipinski definition) is 5. The quantitative estimate of drug-likeness (QED) is 0.699. The lowest BCUT2D eigenvalue weighted by Crippen LogP contribution is -2.40. The second-order valence-electron chi connectivity index (χ2n) is 7.42. The number of aliphatic hydroxyl groups excluding tert-OH is 1. The molecule has 1 N–H and O–H groups in total. The Morgan fingerprint density at radius 1 is 1.40 bits per heavy atom. The van der Waals surface area contributed by atoms with Crippen LogP contribution in [-0.4, -0.2) is 59.8 Å². The van der Waals surface area contributed by atoms with E-state index in [9.17, 15) is 5.11 Å². The SMILES string of the molecule is C=CCN(CC(O)COC(C)(C)C)CC1CC(c2ccccc2)=NO1. The zero-order valence-corrected chi connectivity index (χ0v) is 15.5. The molecular weight excluding hydrogens is 316 g/mol. The average Bonchev–Trinajstić information content (AvgIpc) is 3.02. The third-order valence-corrected chi connectivity index (χ3v) is 3.87. The number of rotatable bonds is 9. The van der Waals surface area contributed by atoms with Crippen LogP contribution in [0.4, 0.5) is 0 Å². The van der Waals surface area contributed by atoms with Gasteiger partial charge in [0.25, 0.3) is 0 Å². The van der Waals surface area contributed by atoms with Crippen LogP contribution in [0.2, 0.25) is 0 Å². The summed E-state index contributed by atoms with van der Waals surface area (Å²) in [5.41, 5.74) is 1.82. The Morgan fingerprint density at radius 3 is 2.76 bits per heavy atom. The summed E-state index contributed by atoms with van der Waals surface area (Å²) < 4.78 is 5.66. The maximum Gasteiger partial charge on any atom is 0.145 e. The normalized spacial score (nSPS) is 18.8. The fourth-order valence-corrected chi connectivity index (χ4v) is 2.72. The minimum Gasteiger partial charge on any atom is -0.390 e. The fraction of sp³-hybridized carbons (Fsp3) is 0.550. The number of nitrogens with zero attached hydrogens (tertiary/aromatic N) is 2. The molecule has 2 atom stereocenters. The molecule has 0 fully saturated rings. The highest BCUT2D eigenvalue weighted by atomic mass is 16.6. The molecule has 1 heterocycles. The predicted octanol–water partition coefficient (Wildman–Crippen LogP) is 2.84. The standard InChI is InChI=1S/C20H30N2O3/c1-5-11-22(13-17(23)15-24-20(2,3)4)14-18-12-19(21-25-18)16-9-7-6-8-10-16/h5-10,17-18,23H,1,11-15H2,2-4H3. The van der Waals surface area contributed by atoms with E-state index in [1.165, 1.54) is 0 Å². The fourth-order valence-electron chi connectivity index (χ4n) is 2.72. The molecule has 0 radical (unpaired) electrons. The maximum atomic E-state index is 10.2. The summed E-state index contributed by atoms with van der Waals surface area (Å²) >= 11 is 0. The minimum absolute atomic E-state index is 0.00843. The molecule has 0 spiro atoms. The van der Waals surface area contributed by atoms with E-state index in [-0.39, 0.29) is 11.7 Å². The van der Waals surface area contributed by atoms with Gasteiger partial charge in [0.15, 0.2) is 0 Å². The van der Waals surface area contributed by atoms with E-state index in [4.69, 9.17) is 9.57 Å². The number of hydrogen-bond donors (Lipinski definition) is 1. The van der Waals surface area contributed by atoms with Gasteiger partial charge in [0.1, 0.15) is 6.10 Å². The molecular formula is C20H30N2O3. The average molecular weight is 346 g/mol. The van der Waals surface area contributed by atoms with Gasteiger partial charge in [-0.15, -0.1) is 6.58 Å². The first kappa shape index (κ1) is 19.6. The van der Waals surface area contributed by atoms with Crippen molar-refractivity contribution in [3.63, 3.8) is 0 Å². The van der Waals surface area contributed by atoms with Crippen LogP contribution in [0.3, 0.4) is 0 Å². The molecule has 0 bridgehead atoms. The first-order chi connectivity index (χ1) is 11.9. The lowest BCUT2D eigenvalue weighted by atomic mass is 10.0. The van der Waals surface area contributed by atoms with Gasteiger partial charge in [0, 0.05) is 26.1 Å². The van der Waals surface area contributed by atoms with Crippen LogP contribution in [0, 0.1) is 0 Å². The molecule has 1 aromatic rings. The van der Waals surface area contributed by atoms with Crippen LogP contribution in [-0.2, 0) is 9.57 Å². The summed E-state index contributed by atoms with van der Waals surface area (Å²) in [5.74, 6) is 0. The van der Waals surface area contributed by atoms with Crippen LogP contribution in [0.1, 0.15) is 32.8 Å². The Labute approximate surface area is 150 Å². The summed E-state index contributed by atoms with van der Waals surface area (Å²) in [4.78, 5) is 7.71. The highest BCUT2D eigenvalue weighted by molar-refractivity contribution is 6.01. The van der Waals surface area contributed by atoms with Crippen LogP contribution < -0.4 is 0 Å². The second kappa shape index (κ2) is 9.13. The lowest BCUT2D eigenvalue weighted by molar-refractivity contribution is -0.0583. The molecule has 2 rings (SSSR count). The Balaban J connectivity index is 1.83. The van der Waals surface area contributed by atoms with Gasteiger partial charge in [-0.1, -0.05) is 41.6 Å². The third-order valence-electron chi connectivity index (χ3n) is 3.87. The van der Waals surface area contributed by atoms with Crippen molar-refractivity contribution in [3.05, 3.63) is 48.6 Å². The summed E-state index contributed by atoms with van der Waals surface area (Å²) in [7, 11) is 0. The van der Waals surface area contributed by atoms with Crippen molar-refractivity contribution in [2.75, 3.05) is 26.2 Å². The van der Waals surface area contributed by atoms with E-state index in [1.807, 2.05) is 57.2 Å². The Morgan fingerprint density at radius 2 is 2.12 bits per heavy atom. The predicted molar refractivity (Wildman–Crippen MR) is 101 cm³/mol. The van der Waals surface area contributed by atoms with Gasteiger partial charge in [-0.05, 0) is 26.3 Å². The molecule has 5 heteroatoms. The zero-order chi connectivity index (χ0) is 18.3. The molecule has 138 valence electrons. The van der Waals surface area contributed by atoms with E-state index in [0.29, 0.717) is 26.2 Å². The summed E-state index contributed by atoms with van der Waals surface area (Å²) in [6.07, 6.45) is 2.05. The molecule has 1 aromatic carbocycles. The molecule has 2 unspecified atom stereocenters. The number of ether oxygens (including phenoxy) is 1. The zero-order valence-electron chi connectivity index (χ0n) is 15.5. The Bertz CT molecular complexity index is 566. The van der Waals surface area contributed by atoms with Gasteiger partial charge in [-0.25, -0.2) is 0 Å². The van der Waals surface area contributed by atoms with Gasteiger partial charge in [-0.3, -0.25) is 4.90 Å². The third kappa shape index (κ3) is 6.98. The molecule has 0 aromatic heterocycles. The van der Waals surface area contributed by atoms with E-state index in [1.54, 1.807) is 0 Å². The molecule has 0 amide bonds. The van der Waals surface area contributed by atoms with E-state index in [0.717, 1.165) is 17.7 Å². The van der Waals surface area contributed by atoms with E-state index >= 15 is 0 Å². The van der Waals surface area contributed by atoms with Crippen molar-refractivity contribution >= 4 is 5.71 Å². The van der Waals surface area contributed by atoms with Crippen LogP contribution in [0.15, 0.2) is 48.1 Å². The smallest absolute Gasteiger partial charge is 0.145 e. The monoisotopic (exact) mass is 346 g/mol. The van der Waals surface area contributed by atoms with Crippen LogP contribution in [0.25, 0.3) is 0 Å². The molecule has 1 aliphatic heterocycles. The highest BCUT2D eigenvalue weighted by Gasteiger charge is 2.25. The summed E-state index contributed by atoms with van der Waals surface area (Å²) in [5, 5.41) is 14.5. The second-order valence-corrected chi connectivity index (χ2v) is 7.42. The Hall–Kier alpha value is -1.69. The molecule has 1 aliphatic rings. The van der Waals surface area contributed by atoms with Crippen molar-refractivity contribution in [2.24, 2.45) is 5.16 Å². The van der Waals surface area contributed by atoms with Crippen molar-refractivity contribution in [2.45, 2.75) is 45.0 Å². The van der Waals surface area contributed by atoms with Crippen LogP contribution in [0.5, 0.6) is 0 Å². The number of oxime groups is 1. The molecule has 0 saturated heterocycles. The first-order valence-electron chi connectivity index (χ1n) is 8.81. The van der Waals surface area contributed by atoms with Crippen molar-refractivity contribution in [1.29, 1.82) is 0 Å². The number of aliphatic hydroxyl groups is 1. The molecule has 25 heavy (non-hydrogen) atoms. The molecule has 0 saturated carbocycles. The topological polar surface area (TPSA) is 54.3 Å². The maximum absolute atomic E-state index is 10.2. The van der Waals surface area contributed by atoms with Crippen LogP contribution >= 0.6 is 0 Å². The first-order valence-corrected chi connectivity index (χ1v) is 8.81. The summed E-state index contributed by atoms with van der Waals surface area (Å²) in [6.45, 7) is 12.0. The van der Waals surface area contributed by atoms with E-state index in [2.05, 4.69) is 16.6 Å². The largest absolute Gasteiger partial charge is 0.390 e. The van der Waals surface area contributed by atoms with Crippen molar-refractivity contribution < 1.29 is 14.7 Å². The highest BCUT2D eigenvalue weighted by Crippen LogP contribution is 2.18. The number of benzene rings is 1.